The Balaban J connectivity index is 1.43. The van der Waals surface area contributed by atoms with Crippen LogP contribution in [0, 0.1) is 10.8 Å². The third kappa shape index (κ3) is 13.8. The second-order valence-corrected chi connectivity index (χ2v) is 27.1. The van der Waals surface area contributed by atoms with Gasteiger partial charge < -0.3 is 5.32 Å². The summed E-state index contributed by atoms with van der Waals surface area (Å²) in [6, 6.07) is 98.2. The molecule has 0 aromatic heterocycles. The van der Waals surface area contributed by atoms with Gasteiger partial charge in [-0.1, -0.05) is 350 Å². The van der Waals surface area contributed by atoms with Crippen molar-refractivity contribution in [1.29, 1.82) is 0 Å². The Bertz CT molecular complexity index is 3460. The fourth-order valence-corrected chi connectivity index (χ4v) is 12.6. The van der Waals surface area contributed by atoms with Crippen LogP contribution in [0.25, 0.3) is 0 Å². The SMILES string of the molecule is CC(C)(C)C(=NC(=Nc1c(C(c2ccccc2)c2ccccc2)cc(C(C)(C)C)cc1C(c1ccccc1)c1ccccc1)Nc1c(C(c2ccccc2)c2ccccc2)cc(C(C)(C)C)cc1C(c1ccccc1)c1ccccc1)C(C)(C)C. The number of hydrogen-bond acceptors (Lipinski definition) is 1. The van der Waals surface area contributed by atoms with Crippen LogP contribution in [0.5, 0.6) is 0 Å². The number of hydrogen-bond donors (Lipinski definition) is 1. The van der Waals surface area contributed by atoms with Gasteiger partial charge in [-0.25, -0.2) is 9.98 Å². The van der Waals surface area contributed by atoms with Crippen LogP contribution in [-0.2, 0) is 10.8 Å². The van der Waals surface area contributed by atoms with E-state index in [1.807, 2.05) is 0 Å². The summed E-state index contributed by atoms with van der Waals surface area (Å²) in [6.45, 7) is 27.8. The van der Waals surface area contributed by atoms with Crippen LogP contribution in [-0.4, -0.2) is 11.7 Å². The van der Waals surface area contributed by atoms with Crippen molar-refractivity contribution in [3.63, 3.8) is 0 Å². The van der Waals surface area contributed by atoms with Crippen molar-refractivity contribution >= 4 is 23.0 Å². The van der Waals surface area contributed by atoms with Gasteiger partial charge in [-0.3, -0.25) is 0 Å². The second-order valence-electron chi connectivity index (χ2n) is 27.1. The highest BCUT2D eigenvalue weighted by atomic mass is 15.1. The molecule has 0 aliphatic carbocycles. The smallest absolute Gasteiger partial charge is 0.227 e. The topological polar surface area (TPSA) is 36.8 Å². The van der Waals surface area contributed by atoms with E-state index in [-0.39, 0.29) is 45.3 Å². The van der Waals surface area contributed by atoms with Gasteiger partial charge in [0.2, 0.25) is 5.96 Å². The van der Waals surface area contributed by atoms with Crippen LogP contribution in [0.4, 0.5) is 11.4 Å². The Kier molecular flexibility index (Phi) is 17.7. The molecule has 0 spiro atoms. The third-order valence-electron chi connectivity index (χ3n) is 16.5. The van der Waals surface area contributed by atoms with E-state index in [9.17, 15) is 0 Å². The number of nitrogens with zero attached hydrogens (tertiary/aromatic N) is 2. The monoisotopic (exact) mass is 1110 g/mol. The van der Waals surface area contributed by atoms with Crippen molar-refractivity contribution in [3.8, 4) is 0 Å². The van der Waals surface area contributed by atoms with Gasteiger partial charge in [0.05, 0.1) is 5.69 Å². The minimum Gasteiger partial charge on any atom is -0.324 e. The summed E-state index contributed by atoms with van der Waals surface area (Å²) in [7, 11) is 0. The molecular formula is C82H85N3. The van der Waals surface area contributed by atoms with E-state index in [0.29, 0.717) is 5.96 Å². The molecule has 0 amide bonds. The quantitative estimate of drug-likeness (QED) is 0.0658. The summed E-state index contributed by atoms with van der Waals surface area (Å²) < 4.78 is 0. The Hall–Kier alpha value is -8.66. The van der Waals surface area contributed by atoms with E-state index in [4.69, 9.17) is 9.98 Å². The Labute approximate surface area is 508 Å². The van der Waals surface area contributed by atoms with Crippen LogP contribution >= 0.6 is 0 Å². The molecule has 10 aromatic rings. The fourth-order valence-electron chi connectivity index (χ4n) is 12.6. The molecule has 3 heteroatoms. The molecule has 0 saturated heterocycles. The number of benzene rings is 10. The van der Waals surface area contributed by atoms with Crippen LogP contribution in [0.2, 0.25) is 0 Å². The first-order valence-corrected chi connectivity index (χ1v) is 30.5. The first-order chi connectivity index (χ1) is 40.7. The molecule has 85 heavy (non-hydrogen) atoms. The van der Waals surface area contributed by atoms with Crippen molar-refractivity contribution < 1.29 is 0 Å². The lowest BCUT2D eigenvalue weighted by Gasteiger charge is -2.34. The van der Waals surface area contributed by atoms with Crippen molar-refractivity contribution in [2.75, 3.05) is 5.32 Å². The summed E-state index contributed by atoms with van der Waals surface area (Å²) in [5, 5.41) is 4.36. The number of rotatable bonds is 14. The second kappa shape index (κ2) is 25.3. The van der Waals surface area contributed by atoms with Crippen molar-refractivity contribution in [2.45, 2.75) is 118 Å². The number of aliphatic imine (C=N–C) groups is 2. The molecular weight excluding hydrogens is 1030 g/mol. The highest BCUT2D eigenvalue weighted by Gasteiger charge is 2.35. The summed E-state index contributed by atoms with van der Waals surface area (Å²) in [5.74, 6) is -0.265. The molecule has 10 aromatic carbocycles. The highest BCUT2D eigenvalue weighted by molar-refractivity contribution is 6.08. The van der Waals surface area contributed by atoms with E-state index in [2.05, 4.69) is 355 Å². The van der Waals surface area contributed by atoms with Gasteiger partial charge in [0, 0.05) is 45.9 Å². The Morgan fingerprint density at radius 2 is 0.506 bits per heavy atom. The van der Waals surface area contributed by atoms with Crippen LogP contribution in [0.3, 0.4) is 0 Å². The van der Waals surface area contributed by atoms with E-state index >= 15 is 0 Å². The number of guanidine groups is 1. The predicted octanol–water partition coefficient (Wildman–Crippen LogP) is 21.6. The molecule has 3 nitrogen and oxygen atoms in total. The molecule has 0 heterocycles. The highest BCUT2D eigenvalue weighted by Crippen LogP contribution is 2.50. The van der Waals surface area contributed by atoms with Gasteiger partial charge >= 0.3 is 0 Å². The summed E-state index contributed by atoms with van der Waals surface area (Å²) in [4.78, 5) is 12.5. The van der Waals surface area contributed by atoms with E-state index in [1.165, 1.54) is 55.6 Å². The summed E-state index contributed by atoms with van der Waals surface area (Å²) in [5.41, 5.74) is 18.2. The average Bonchev–Trinajstić information content (AvgIpc) is 1.90. The molecule has 0 atom stereocenters. The largest absolute Gasteiger partial charge is 0.324 e. The van der Waals surface area contributed by atoms with Crippen LogP contribution in [0.15, 0.2) is 277 Å². The van der Waals surface area contributed by atoms with Crippen LogP contribution in [0.1, 0.15) is 185 Å². The van der Waals surface area contributed by atoms with Crippen molar-refractivity contribution in [2.24, 2.45) is 20.8 Å². The maximum absolute atomic E-state index is 6.37. The molecule has 0 radical (unpaired) electrons. The molecule has 0 fully saturated rings. The number of nitrogens with one attached hydrogen (secondary N) is 1. The molecule has 0 bridgehead atoms. The molecule has 0 unspecified atom stereocenters. The van der Waals surface area contributed by atoms with E-state index < -0.39 is 0 Å². The maximum Gasteiger partial charge on any atom is 0.227 e. The Morgan fingerprint density at radius 1 is 0.294 bits per heavy atom. The van der Waals surface area contributed by atoms with Gasteiger partial charge in [-0.15, -0.1) is 0 Å². The van der Waals surface area contributed by atoms with E-state index in [0.717, 1.165) is 39.3 Å². The van der Waals surface area contributed by atoms with Gasteiger partial charge in [0.1, 0.15) is 0 Å². The lowest BCUT2D eigenvalue weighted by Crippen LogP contribution is -2.35. The summed E-state index contributed by atoms with van der Waals surface area (Å²) in [6.07, 6.45) is 0. The standard InChI is InChI=1S/C82H85N3/c1-79(2,3)65-53-67(71(57-37-21-13-22-38-57)58-39-23-14-24-40-58)75(68(54-65)72(59-41-25-15-26-42-59)60-43-27-16-28-44-60)83-78(85-77(81(7,8)9)82(10,11)12)84-76-69(73(61-45-29-17-30-46-61)62-47-31-18-32-48-62)55-66(80(4,5)6)56-70(76)74(63-49-33-19-34-50-63)64-51-35-20-36-52-64/h13-56,71-74H,1-12H3,(H,83,84). The summed E-state index contributed by atoms with van der Waals surface area (Å²) >= 11 is 0. The van der Waals surface area contributed by atoms with Gasteiger partial charge in [0.25, 0.3) is 0 Å². The van der Waals surface area contributed by atoms with E-state index in [1.54, 1.807) is 0 Å². The molecule has 0 aliphatic heterocycles. The Morgan fingerprint density at radius 3 is 0.718 bits per heavy atom. The lowest BCUT2D eigenvalue weighted by molar-refractivity contribution is 0.480. The first kappa shape index (κ1) is 59.5. The fraction of sp³-hybridized carbons (Fsp3) is 0.244. The molecule has 0 aliphatic rings. The van der Waals surface area contributed by atoms with Crippen molar-refractivity contribution in [3.05, 3.63) is 345 Å². The van der Waals surface area contributed by atoms with Crippen LogP contribution < -0.4 is 5.32 Å². The zero-order chi connectivity index (χ0) is 59.9. The third-order valence-corrected chi connectivity index (χ3v) is 16.5. The van der Waals surface area contributed by atoms with Crippen molar-refractivity contribution in [1.82, 2.24) is 0 Å². The van der Waals surface area contributed by atoms with Gasteiger partial charge in [0.15, 0.2) is 0 Å². The first-order valence-electron chi connectivity index (χ1n) is 30.5. The average molecular weight is 1110 g/mol. The predicted molar refractivity (Wildman–Crippen MR) is 363 cm³/mol. The minimum absolute atomic E-state index is 0.189. The minimum atomic E-state index is -0.356. The normalized spacial score (nSPS) is 12.5. The lowest BCUT2D eigenvalue weighted by atomic mass is 9.74. The van der Waals surface area contributed by atoms with Gasteiger partial charge in [-0.2, -0.15) is 0 Å². The maximum atomic E-state index is 6.37. The number of anilines is 1. The molecule has 1 N–H and O–H groups in total. The molecule has 0 saturated carbocycles. The zero-order valence-electron chi connectivity index (χ0n) is 52.1. The molecule has 428 valence electrons. The zero-order valence-corrected chi connectivity index (χ0v) is 52.1. The molecule has 10 rings (SSSR count). The van der Waals surface area contributed by atoms with Gasteiger partial charge in [-0.05, 0) is 88.7 Å².